The molecule has 8 atom stereocenters. The molecule has 1 amide bonds. The molecule has 0 saturated heterocycles. The summed E-state index contributed by atoms with van der Waals surface area (Å²) in [7, 11) is 0. The van der Waals surface area contributed by atoms with Crippen LogP contribution in [0.15, 0.2) is 12.7 Å². The minimum atomic E-state index is -0.588. The van der Waals surface area contributed by atoms with Gasteiger partial charge in [0.05, 0.1) is 5.92 Å². The zero-order valence-electron chi connectivity index (χ0n) is 11.5. The van der Waals surface area contributed by atoms with Crippen molar-refractivity contribution in [3.63, 3.8) is 0 Å². The Morgan fingerprint density at radius 2 is 1.70 bits per heavy atom. The molecule has 2 N–H and O–H groups in total. The summed E-state index contributed by atoms with van der Waals surface area (Å²) in [6.45, 7) is 3.52. The van der Waals surface area contributed by atoms with Crippen molar-refractivity contribution in [2.45, 2.75) is 31.7 Å². The number of hydrogen-bond donors (Lipinski definition) is 2. The van der Waals surface area contributed by atoms with Crippen molar-refractivity contribution in [3.8, 4) is 0 Å². The van der Waals surface area contributed by atoms with Crippen LogP contribution in [0.25, 0.3) is 0 Å². The summed E-state index contributed by atoms with van der Waals surface area (Å²) in [4.78, 5) is 22.9. The number of hydrogen-bond acceptors (Lipinski definition) is 2. The standard InChI is InChI=1S/C16H21NO3/c1-2-13(18)17-12-6-8-5-11(12)15-7-3-9(14(8)15)10(4-7)16(19)20/h2,7-12,14-15H,1,3-6H2,(H,17,18)(H,19,20). The lowest BCUT2D eigenvalue weighted by atomic mass is 9.66. The largest absolute Gasteiger partial charge is 0.481 e. The van der Waals surface area contributed by atoms with E-state index in [9.17, 15) is 14.7 Å². The van der Waals surface area contributed by atoms with Crippen LogP contribution in [0.5, 0.6) is 0 Å². The molecule has 0 radical (unpaired) electrons. The molecule has 0 aromatic rings. The molecular formula is C16H21NO3. The first-order valence-electron chi connectivity index (χ1n) is 7.76. The van der Waals surface area contributed by atoms with Crippen LogP contribution in [0.2, 0.25) is 0 Å². The maximum Gasteiger partial charge on any atom is 0.306 e. The molecule has 108 valence electrons. The van der Waals surface area contributed by atoms with Crippen molar-refractivity contribution in [2.75, 3.05) is 0 Å². The number of aliphatic carboxylic acids is 1. The predicted octanol–water partition coefficient (Wildman–Crippen LogP) is 1.67. The lowest BCUT2D eigenvalue weighted by Crippen LogP contribution is -2.46. The van der Waals surface area contributed by atoms with Gasteiger partial charge in [0.15, 0.2) is 0 Å². The highest BCUT2D eigenvalue weighted by atomic mass is 16.4. The summed E-state index contributed by atoms with van der Waals surface area (Å²) in [5, 5.41) is 12.5. The highest BCUT2D eigenvalue weighted by Gasteiger charge is 2.65. The lowest BCUT2D eigenvalue weighted by molar-refractivity contribution is -0.145. The van der Waals surface area contributed by atoms with Gasteiger partial charge in [0.1, 0.15) is 0 Å². The number of rotatable bonds is 3. The van der Waals surface area contributed by atoms with Crippen LogP contribution < -0.4 is 5.32 Å². The fraction of sp³-hybridized carbons (Fsp3) is 0.750. The Morgan fingerprint density at radius 1 is 1.05 bits per heavy atom. The van der Waals surface area contributed by atoms with Crippen molar-refractivity contribution >= 4 is 11.9 Å². The van der Waals surface area contributed by atoms with Gasteiger partial charge in [-0.2, -0.15) is 0 Å². The molecule has 4 nitrogen and oxygen atoms in total. The van der Waals surface area contributed by atoms with E-state index in [1.807, 2.05) is 0 Å². The highest BCUT2D eigenvalue weighted by molar-refractivity contribution is 5.87. The van der Waals surface area contributed by atoms with Gasteiger partial charge in [-0.15, -0.1) is 0 Å². The van der Waals surface area contributed by atoms with Crippen LogP contribution in [0.4, 0.5) is 0 Å². The molecule has 4 rings (SSSR count). The van der Waals surface area contributed by atoms with Gasteiger partial charge in [-0.1, -0.05) is 6.58 Å². The summed E-state index contributed by atoms with van der Waals surface area (Å²) in [5.41, 5.74) is 0. The fourth-order valence-corrected chi connectivity index (χ4v) is 6.29. The molecule has 0 heterocycles. The average molecular weight is 275 g/mol. The van der Waals surface area contributed by atoms with E-state index in [1.54, 1.807) is 0 Å². The molecule has 0 aliphatic heterocycles. The van der Waals surface area contributed by atoms with Crippen LogP contribution in [0.3, 0.4) is 0 Å². The Balaban J connectivity index is 1.53. The molecule has 20 heavy (non-hydrogen) atoms. The van der Waals surface area contributed by atoms with Gasteiger partial charge < -0.3 is 10.4 Å². The van der Waals surface area contributed by atoms with E-state index >= 15 is 0 Å². The molecule has 0 aromatic carbocycles. The Kier molecular flexibility index (Phi) is 2.54. The Hall–Kier alpha value is -1.32. The monoisotopic (exact) mass is 275 g/mol. The SMILES string of the molecule is C=CC(=O)NC1CC2CC1C1C3CC(C(=O)O)C(C3)C21. The van der Waals surface area contributed by atoms with Gasteiger partial charge >= 0.3 is 5.97 Å². The fourth-order valence-electron chi connectivity index (χ4n) is 6.29. The van der Waals surface area contributed by atoms with Crippen LogP contribution in [0, 0.1) is 41.4 Å². The third-order valence-electron chi connectivity index (χ3n) is 6.65. The van der Waals surface area contributed by atoms with Crippen LogP contribution in [-0.2, 0) is 9.59 Å². The lowest BCUT2D eigenvalue weighted by Gasteiger charge is -2.40. The first kappa shape index (κ1) is 12.4. The van der Waals surface area contributed by atoms with E-state index in [0.717, 1.165) is 19.3 Å². The smallest absolute Gasteiger partial charge is 0.306 e. The Bertz CT molecular complexity index is 488. The first-order chi connectivity index (χ1) is 9.60. The summed E-state index contributed by atoms with van der Waals surface area (Å²) in [6, 6.07) is 0.300. The summed E-state index contributed by atoms with van der Waals surface area (Å²) in [5.74, 6) is 2.76. The van der Waals surface area contributed by atoms with Gasteiger partial charge in [-0.3, -0.25) is 9.59 Å². The maximum absolute atomic E-state index is 11.5. The quantitative estimate of drug-likeness (QED) is 0.608. The second-order valence-electron chi connectivity index (χ2n) is 7.21. The third kappa shape index (κ3) is 1.48. The van der Waals surface area contributed by atoms with Gasteiger partial charge in [0.25, 0.3) is 0 Å². The van der Waals surface area contributed by atoms with E-state index < -0.39 is 5.97 Å². The van der Waals surface area contributed by atoms with Crippen molar-refractivity contribution in [3.05, 3.63) is 12.7 Å². The van der Waals surface area contributed by atoms with Gasteiger partial charge in [0, 0.05) is 6.04 Å². The van der Waals surface area contributed by atoms with Gasteiger partial charge in [-0.25, -0.2) is 0 Å². The minimum Gasteiger partial charge on any atom is -0.481 e. The molecule has 4 aliphatic rings. The molecule has 8 unspecified atom stereocenters. The van der Waals surface area contributed by atoms with Crippen molar-refractivity contribution in [1.29, 1.82) is 0 Å². The van der Waals surface area contributed by atoms with Crippen molar-refractivity contribution in [2.24, 2.45) is 41.4 Å². The molecule has 4 aliphatic carbocycles. The number of carbonyl (C=O) groups is 2. The molecule has 4 fully saturated rings. The molecule has 4 heteroatoms. The van der Waals surface area contributed by atoms with E-state index in [0.29, 0.717) is 41.5 Å². The third-order valence-corrected chi connectivity index (χ3v) is 6.65. The first-order valence-corrected chi connectivity index (χ1v) is 7.76. The zero-order chi connectivity index (χ0) is 14.0. The number of carboxylic acids is 1. The highest BCUT2D eigenvalue weighted by Crippen LogP contribution is 2.68. The summed E-state index contributed by atoms with van der Waals surface area (Å²) in [6.07, 6.45) is 5.57. The Morgan fingerprint density at radius 3 is 2.40 bits per heavy atom. The second-order valence-corrected chi connectivity index (χ2v) is 7.21. The number of nitrogens with one attached hydrogen (secondary N) is 1. The number of fused-ring (bicyclic) bond motifs is 9. The van der Waals surface area contributed by atoms with Crippen LogP contribution in [-0.4, -0.2) is 23.0 Å². The zero-order valence-corrected chi connectivity index (χ0v) is 11.5. The Labute approximate surface area is 118 Å². The van der Waals surface area contributed by atoms with E-state index in [2.05, 4.69) is 11.9 Å². The molecule has 0 aromatic heterocycles. The predicted molar refractivity (Wildman–Crippen MR) is 72.7 cm³/mol. The second kappa shape index (κ2) is 4.09. The van der Waals surface area contributed by atoms with E-state index in [1.165, 1.54) is 12.5 Å². The number of amides is 1. The van der Waals surface area contributed by atoms with Crippen molar-refractivity contribution in [1.82, 2.24) is 5.32 Å². The van der Waals surface area contributed by atoms with Gasteiger partial charge in [-0.05, 0) is 67.3 Å². The van der Waals surface area contributed by atoms with Gasteiger partial charge in [0.2, 0.25) is 5.91 Å². The van der Waals surface area contributed by atoms with E-state index in [4.69, 9.17) is 0 Å². The maximum atomic E-state index is 11.5. The molecule has 4 bridgehead atoms. The molecule has 4 saturated carbocycles. The molecular weight excluding hydrogens is 254 g/mol. The summed E-state index contributed by atoms with van der Waals surface area (Å²) >= 11 is 0. The normalized spacial score (nSPS) is 51.0. The topological polar surface area (TPSA) is 66.4 Å². The minimum absolute atomic E-state index is 0.0642. The summed E-state index contributed by atoms with van der Waals surface area (Å²) < 4.78 is 0. The average Bonchev–Trinajstić information content (AvgIpc) is 3.14. The van der Waals surface area contributed by atoms with Crippen molar-refractivity contribution < 1.29 is 14.7 Å². The molecule has 0 spiro atoms. The number of carboxylic acid groups (broad SMARTS) is 1. The number of carbonyl (C=O) groups excluding carboxylic acids is 1. The van der Waals surface area contributed by atoms with E-state index in [-0.39, 0.29) is 11.8 Å². The van der Waals surface area contributed by atoms with Crippen LogP contribution in [0.1, 0.15) is 25.7 Å². The van der Waals surface area contributed by atoms with Crippen LogP contribution >= 0.6 is 0 Å².